The van der Waals surface area contributed by atoms with Crippen molar-refractivity contribution < 1.29 is 19.4 Å². The number of carbonyl (C=O) groups is 2. The van der Waals surface area contributed by atoms with Gasteiger partial charge in [0.1, 0.15) is 5.75 Å². The lowest BCUT2D eigenvalue weighted by Crippen LogP contribution is -2.53. The first-order valence-electron chi connectivity index (χ1n) is 8.21. The van der Waals surface area contributed by atoms with E-state index in [9.17, 15) is 14.7 Å². The number of hydrogen-bond donors (Lipinski definition) is 1. The summed E-state index contributed by atoms with van der Waals surface area (Å²) in [6.45, 7) is 6.26. The van der Waals surface area contributed by atoms with Gasteiger partial charge in [-0.1, -0.05) is 25.1 Å². The Morgan fingerprint density at radius 3 is 2.70 bits per heavy atom. The van der Waals surface area contributed by atoms with Crippen molar-refractivity contribution in [3.63, 3.8) is 0 Å². The van der Waals surface area contributed by atoms with E-state index in [0.717, 1.165) is 5.56 Å². The van der Waals surface area contributed by atoms with Crippen molar-refractivity contribution in [1.29, 1.82) is 0 Å². The molecule has 1 aromatic carbocycles. The van der Waals surface area contributed by atoms with Crippen molar-refractivity contribution in [2.75, 3.05) is 6.54 Å². The number of benzene rings is 1. The fourth-order valence-electron chi connectivity index (χ4n) is 3.12. The van der Waals surface area contributed by atoms with Gasteiger partial charge in [0.15, 0.2) is 6.10 Å². The quantitative estimate of drug-likeness (QED) is 0.906. The van der Waals surface area contributed by atoms with Crippen LogP contribution in [0.15, 0.2) is 24.3 Å². The zero-order valence-corrected chi connectivity index (χ0v) is 14.0. The molecule has 0 spiro atoms. The maximum Gasteiger partial charge on any atom is 0.308 e. The van der Waals surface area contributed by atoms with Gasteiger partial charge in [-0.2, -0.15) is 0 Å². The number of rotatable bonds is 5. The van der Waals surface area contributed by atoms with Crippen LogP contribution in [0.25, 0.3) is 0 Å². The van der Waals surface area contributed by atoms with Gasteiger partial charge in [0.2, 0.25) is 0 Å². The Labute approximate surface area is 137 Å². The zero-order chi connectivity index (χ0) is 17.0. The summed E-state index contributed by atoms with van der Waals surface area (Å²) >= 11 is 0. The molecule has 0 radical (unpaired) electrons. The van der Waals surface area contributed by atoms with Gasteiger partial charge in [0.25, 0.3) is 5.91 Å². The molecule has 1 fully saturated rings. The molecule has 0 aromatic heterocycles. The molecule has 1 heterocycles. The van der Waals surface area contributed by atoms with E-state index >= 15 is 0 Å². The third kappa shape index (κ3) is 3.84. The molecule has 0 bridgehead atoms. The minimum absolute atomic E-state index is 0.116. The number of carboxylic acids is 1. The molecule has 0 saturated carbocycles. The Kier molecular flexibility index (Phi) is 5.64. The Bertz CT molecular complexity index is 572. The number of nitrogens with zero attached hydrogens (tertiary/aromatic N) is 1. The summed E-state index contributed by atoms with van der Waals surface area (Å²) in [6, 6.07) is 7.29. The van der Waals surface area contributed by atoms with E-state index in [2.05, 4.69) is 0 Å². The predicted molar refractivity (Wildman–Crippen MR) is 87.4 cm³/mol. The second-order valence-corrected chi connectivity index (χ2v) is 6.14. The highest BCUT2D eigenvalue weighted by Gasteiger charge is 2.37. The Balaban J connectivity index is 2.13. The number of piperidine rings is 1. The zero-order valence-electron chi connectivity index (χ0n) is 14.0. The molecule has 1 aliphatic heterocycles. The van der Waals surface area contributed by atoms with Crippen LogP contribution in [0.5, 0.6) is 5.75 Å². The lowest BCUT2D eigenvalue weighted by molar-refractivity contribution is -0.152. The number of carbonyl (C=O) groups excluding carboxylic acids is 1. The number of ether oxygens (including phenoxy) is 1. The fourth-order valence-corrected chi connectivity index (χ4v) is 3.12. The number of amides is 1. The van der Waals surface area contributed by atoms with Gasteiger partial charge in [-0.05, 0) is 44.7 Å². The summed E-state index contributed by atoms with van der Waals surface area (Å²) < 4.78 is 5.91. The Morgan fingerprint density at radius 1 is 1.39 bits per heavy atom. The monoisotopic (exact) mass is 319 g/mol. The molecular weight excluding hydrogens is 294 g/mol. The van der Waals surface area contributed by atoms with E-state index < -0.39 is 18.0 Å². The summed E-state index contributed by atoms with van der Waals surface area (Å²) in [4.78, 5) is 25.8. The second-order valence-electron chi connectivity index (χ2n) is 6.14. The van der Waals surface area contributed by atoms with E-state index in [-0.39, 0.29) is 11.9 Å². The molecule has 5 nitrogen and oxygen atoms in total. The Hall–Kier alpha value is -2.04. The van der Waals surface area contributed by atoms with Crippen molar-refractivity contribution in [3.8, 4) is 5.75 Å². The summed E-state index contributed by atoms with van der Waals surface area (Å²) in [7, 11) is 0. The summed E-state index contributed by atoms with van der Waals surface area (Å²) in [5.74, 6) is -0.743. The molecule has 1 N–H and O–H groups in total. The molecule has 1 aromatic rings. The van der Waals surface area contributed by atoms with E-state index in [4.69, 9.17) is 4.74 Å². The van der Waals surface area contributed by atoms with Crippen molar-refractivity contribution in [3.05, 3.63) is 29.8 Å². The van der Waals surface area contributed by atoms with Crippen molar-refractivity contribution in [2.24, 2.45) is 5.92 Å². The minimum atomic E-state index is -0.831. The average Bonchev–Trinajstić information content (AvgIpc) is 2.53. The Morgan fingerprint density at radius 2 is 2.09 bits per heavy atom. The second kappa shape index (κ2) is 7.49. The van der Waals surface area contributed by atoms with Crippen molar-refractivity contribution >= 4 is 11.9 Å². The summed E-state index contributed by atoms with van der Waals surface area (Å²) in [5, 5.41) is 9.31. The standard InChI is InChI=1S/C18H25NO4/c1-4-15(23-16-10-6-5-8-12(16)2)17(20)19-11-7-9-14(13(19)3)18(21)22/h5-6,8,10,13-15H,4,7,9,11H2,1-3H3,(H,21,22)/t13-,14-,15?/m0/s1. The SMILES string of the molecule is CCC(Oc1ccccc1C)C(=O)N1CCC[C@H](C(=O)O)[C@@H]1C. The van der Waals surface area contributed by atoms with Gasteiger partial charge < -0.3 is 14.7 Å². The largest absolute Gasteiger partial charge is 0.481 e. The molecule has 0 aliphatic carbocycles. The predicted octanol–water partition coefficient (Wildman–Crippen LogP) is 2.86. The lowest BCUT2D eigenvalue weighted by Gasteiger charge is -2.39. The number of aliphatic carboxylic acids is 1. The molecule has 23 heavy (non-hydrogen) atoms. The molecule has 1 aliphatic rings. The number of hydrogen-bond acceptors (Lipinski definition) is 3. The van der Waals surface area contributed by atoms with Crippen LogP contribution in [0.4, 0.5) is 0 Å². The molecule has 1 amide bonds. The highest BCUT2D eigenvalue weighted by molar-refractivity contribution is 5.83. The van der Waals surface area contributed by atoms with Crippen LogP contribution in [0, 0.1) is 12.8 Å². The van der Waals surface area contributed by atoms with Crippen LogP contribution < -0.4 is 4.74 Å². The van der Waals surface area contributed by atoms with Gasteiger partial charge >= 0.3 is 5.97 Å². The van der Waals surface area contributed by atoms with E-state index in [1.165, 1.54) is 0 Å². The van der Waals surface area contributed by atoms with Crippen LogP contribution >= 0.6 is 0 Å². The highest BCUT2D eigenvalue weighted by Crippen LogP contribution is 2.26. The van der Waals surface area contributed by atoms with Crippen LogP contribution in [-0.2, 0) is 9.59 Å². The van der Waals surface area contributed by atoms with Gasteiger partial charge in [-0.15, -0.1) is 0 Å². The number of para-hydroxylation sites is 1. The maximum absolute atomic E-state index is 12.8. The first-order valence-corrected chi connectivity index (χ1v) is 8.21. The summed E-state index contributed by atoms with van der Waals surface area (Å²) in [5.41, 5.74) is 0.980. The molecule has 5 heteroatoms. The molecule has 1 unspecified atom stereocenters. The number of carboxylic acid groups (broad SMARTS) is 1. The number of aryl methyl sites for hydroxylation is 1. The van der Waals surface area contributed by atoms with E-state index in [1.54, 1.807) is 4.90 Å². The summed E-state index contributed by atoms with van der Waals surface area (Å²) in [6.07, 6.45) is 1.31. The molecule has 2 rings (SSSR count). The molecule has 3 atom stereocenters. The normalized spacial score (nSPS) is 22.5. The van der Waals surface area contributed by atoms with Gasteiger partial charge in [0, 0.05) is 12.6 Å². The smallest absolute Gasteiger partial charge is 0.308 e. The maximum atomic E-state index is 12.8. The van der Waals surface area contributed by atoms with Crippen molar-refractivity contribution in [1.82, 2.24) is 4.90 Å². The minimum Gasteiger partial charge on any atom is -0.481 e. The van der Waals surface area contributed by atoms with Gasteiger partial charge in [-0.25, -0.2) is 0 Å². The molecule has 126 valence electrons. The first-order chi connectivity index (χ1) is 11.0. The topological polar surface area (TPSA) is 66.8 Å². The van der Waals surface area contributed by atoms with Crippen LogP contribution in [0.1, 0.15) is 38.7 Å². The third-order valence-corrected chi connectivity index (χ3v) is 4.60. The van der Waals surface area contributed by atoms with Crippen LogP contribution in [0.2, 0.25) is 0 Å². The average molecular weight is 319 g/mol. The molecular formula is C18H25NO4. The van der Waals surface area contributed by atoms with Gasteiger partial charge in [-0.3, -0.25) is 9.59 Å². The highest BCUT2D eigenvalue weighted by atomic mass is 16.5. The van der Waals surface area contributed by atoms with E-state index in [1.807, 2.05) is 45.0 Å². The van der Waals surface area contributed by atoms with Crippen molar-refractivity contribution in [2.45, 2.75) is 52.2 Å². The number of likely N-dealkylation sites (tertiary alicyclic amines) is 1. The lowest BCUT2D eigenvalue weighted by atomic mass is 9.90. The third-order valence-electron chi connectivity index (χ3n) is 4.60. The van der Waals surface area contributed by atoms with Gasteiger partial charge in [0.05, 0.1) is 5.92 Å². The van der Waals surface area contributed by atoms with Crippen LogP contribution in [0.3, 0.4) is 0 Å². The van der Waals surface area contributed by atoms with Crippen LogP contribution in [-0.4, -0.2) is 40.6 Å². The first kappa shape index (κ1) is 17.3. The fraction of sp³-hybridized carbons (Fsp3) is 0.556. The van der Waals surface area contributed by atoms with E-state index in [0.29, 0.717) is 31.6 Å². The molecule has 1 saturated heterocycles.